The fourth-order valence-electron chi connectivity index (χ4n) is 5.08. The van der Waals surface area contributed by atoms with E-state index in [2.05, 4.69) is 158 Å². The number of thioether (sulfide) groups is 2. The molecule has 0 saturated carbocycles. The molecule has 4 aromatic rings. The van der Waals surface area contributed by atoms with Crippen molar-refractivity contribution in [1.82, 2.24) is 0 Å². The van der Waals surface area contributed by atoms with E-state index in [0.717, 1.165) is 23.6 Å². The fraction of sp³-hybridized carbons (Fsp3) is 0.176. The van der Waals surface area contributed by atoms with Crippen LogP contribution in [0.3, 0.4) is 0 Å². The van der Waals surface area contributed by atoms with E-state index < -0.39 is 16.6 Å². The molecule has 39 heavy (non-hydrogen) atoms. The van der Waals surface area contributed by atoms with Crippen molar-refractivity contribution in [2.45, 2.75) is 25.9 Å². The first-order valence-electron chi connectivity index (χ1n) is 13.6. The minimum Gasteiger partial charge on any atom is -0.442 e. The first-order valence-corrected chi connectivity index (χ1v) is 20.0. The van der Waals surface area contributed by atoms with Crippen molar-refractivity contribution in [3.8, 4) is 0 Å². The summed E-state index contributed by atoms with van der Waals surface area (Å²) >= 11 is 3.80. The molecule has 0 spiro atoms. The fourth-order valence-corrected chi connectivity index (χ4v) is 19.0. The molecule has 0 N–H and O–H groups in total. The van der Waals surface area contributed by atoms with E-state index in [1.807, 2.05) is 23.5 Å². The van der Waals surface area contributed by atoms with Crippen LogP contribution in [0.1, 0.15) is 13.8 Å². The van der Waals surface area contributed by atoms with Crippen molar-refractivity contribution >= 4 is 60.9 Å². The molecule has 0 aromatic heterocycles. The van der Waals surface area contributed by atoms with Gasteiger partial charge in [0, 0.05) is 0 Å². The van der Waals surface area contributed by atoms with Crippen LogP contribution in [0.2, 0.25) is 12.1 Å². The molecule has 0 amide bonds. The van der Waals surface area contributed by atoms with Gasteiger partial charge in [0.1, 0.15) is 0 Å². The Morgan fingerprint density at radius 1 is 0.513 bits per heavy atom. The van der Waals surface area contributed by atoms with E-state index in [9.17, 15) is 0 Å². The van der Waals surface area contributed by atoms with Crippen molar-refractivity contribution < 1.29 is 4.12 Å². The smallest absolute Gasteiger partial charge is 0.278 e. The lowest BCUT2D eigenvalue weighted by atomic mass is 10.3. The van der Waals surface area contributed by atoms with Crippen molar-refractivity contribution in [3.63, 3.8) is 0 Å². The van der Waals surface area contributed by atoms with Crippen molar-refractivity contribution in [1.29, 1.82) is 0 Å². The Hall–Kier alpha value is -2.55. The summed E-state index contributed by atoms with van der Waals surface area (Å²) < 4.78 is 8.13. The number of benzene rings is 4. The largest absolute Gasteiger partial charge is 0.442 e. The number of rotatable bonds is 14. The zero-order valence-corrected chi connectivity index (χ0v) is 26.5. The monoisotopic (exact) mass is 582 g/mol. The third-order valence-electron chi connectivity index (χ3n) is 6.90. The lowest BCUT2D eigenvalue weighted by molar-refractivity contribution is 0.569. The van der Waals surface area contributed by atoms with Gasteiger partial charge in [0.05, 0.1) is 0 Å². The molecular formula is C34H38OS2Si2. The molecule has 200 valence electrons. The maximum absolute atomic E-state index is 8.13. The Morgan fingerprint density at radius 2 is 0.846 bits per heavy atom. The van der Waals surface area contributed by atoms with E-state index in [1.54, 1.807) is 0 Å². The molecule has 0 fully saturated rings. The van der Waals surface area contributed by atoms with E-state index in [4.69, 9.17) is 4.12 Å². The maximum atomic E-state index is 8.13. The van der Waals surface area contributed by atoms with Gasteiger partial charge in [0.15, 0.2) is 0 Å². The average molecular weight is 583 g/mol. The zero-order chi connectivity index (χ0) is 27.2. The second-order valence-electron chi connectivity index (χ2n) is 9.42. The summed E-state index contributed by atoms with van der Waals surface area (Å²) in [5.74, 6) is 2.09. The molecule has 0 unspecified atom stereocenters. The molecule has 0 atom stereocenters. The molecule has 0 radical (unpaired) electrons. The van der Waals surface area contributed by atoms with Crippen LogP contribution in [0.15, 0.2) is 144 Å². The highest BCUT2D eigenvalue weighted by Crippen LogP contribution is 2.28. The predicted octanol–water partition coefficient (Wildman–Crippen LogP) is 7.06. The molecule has 0 heterocycles. The van der Waals surface area contributed by atoms with E-state index in [0.29, 0.717) is 0 Å². The summed E-state index contributed by atoms with van der Waals surface area (Å²) in [6.07, 6.45) is 4.27. The average Bonchev–Trinajstić information content (AvgIpc) is 3.01. The Kier molecular flexibility index (Phi) is 11.5. The highest BCUT2D eigenvalue weighted by molar-refractivity contribution is 8.02. The molecule has 0 bridgehead atoms. The van der Waals surface area contributed by atoms with Crippen molar-refractivity contribution in [2.24, 2.45) is 0 Å². The van der Waals surface area contributed by atoms with Crippen LogP contribution in [-0.2, 0) is 4.12 Å². The van der Waals surface area contributed by atoms with Crippen LogP contribution < -0.4 is 20.7 Å². The summed E-state index contributed by atoms with van der Waals surface area (Å²) in [6, 6.07) is 46.4. The van der Waals surface area contributed by atoms with Gasteiger partial charge in [0.25, 0.3) is 8.32 Å². The van der Waals surface area contributed by atoms with Crippen LogP contribution in [0.5, 0.6) is 0 Å². The molecule has 0 saturated heterocycles. The lowest BCUT2D eigenvalue weighted by Gasteiger charge is -2.43. The second kappa shape index (κ2) is 15.3. The van der Waals surface area contributed by atoms with Crippen LogP contribution in [0.4, 0.5) is 0 Å². The van der Waals surface area contributed by atoms with Crippen molar-refractivity contribution in [2.75, 3.05) is 11.5 Å². The zero-order valence-electron chi connectivity index (χ0n) is 22.9. The van der Waals surface area contributed by atoms with Gasteiger partial charge >= 0.3 is 0 Å². The maximum Gasteiger partial charge on any atom is 0.278 e. The molecule has 0 aliphatic rings. The molecule has 4 rings (SSSR count). The molecule has 5 heteroatoms. The van der Waals surface area contributed by atoms with Gasteiger partial charge in [-0.3, -0.25) is 0 Å². The summed E-state index contributed by atoms with van der Waals surface area (Å²) in [5.41, 5.74) is 0. The van der Waals surface area contributed by atoms with Gasteiger partial charge in [-0.2, -0.15) is 0 Å². The topological polar surface area (TPSA) is 9.23 Å². The number of hydrogen-bond acceptors (Lipinski definition) is 3. The van der Waals surface area contributed by atoms with Gasteiger partial charge in [-0.1, -0.05) is 133 Å². The molecule has 0 aliphatic heterocycles. The minimum atomic E-state index is -2.87. The lowest BCUT2D eigenvalue weighted by Crippen LogP contribution is -2.75. The Balaban J connectivity index is 1.97. The number of hydrogen-bond donors (Lipinski definition) is 0. The third kappa shape index (κ3) is 7.35. The summed E-state index contributed by atoms with van der Waals surface area (Å²) in [7, 11) is -5.37. The van der Waals surface area contributed by atoms with Gasteiger partial charge < -0.3 is 4.12 Å². The van der Waals surface area contributed by atoms with Crippen LogP contribution >= 0.6 is 23.5 Å². The van der Waals surface area contributed by atoms with Crippen LogP contribution in [-0.4, -0.2) is 28.1 Å². The minimum absolute atomic E-state index is 1.04. The highest BCUT2D eigenvalue weighted by Gasteiger charge is 2.50. The first kappa shape index (κ1) is 29.4. The molecule has 4 aromatic carbocycles. The van der Waals surface area contributed by atoms with Crippen molar-refractivity contribution in [3.05, 3.63) is 144 Å². The molecular weight excluding hydrogens is 545 g/mol. The highest BCUT2D eigenvalue weighted by atomic mass is 32.2. The standard InChI is InChI=1S/C34H38OS2Si2/c1-3-25-36-27-29-38(30-28-37-26-4-2,31-17-9-5-10-18-31)35-39(32-19-11-6-12-20-32,33-21-13-7-14-22-33)34-23-15-8-16-24-34/h3-26H,27-30H2,1-2H3. The molecule has 1 nitrogen and oxygen atoms in total. The SMILES string of the molecule is CC=CSCC[Si](CCSC=CC)(O[Si](c1ccccc1)(c1ccccc1)c1ccccc1)c1ccccc1. The van der Waals surface area contributed by atoms with Gasteiger partial charge in [-0.15, -0.1) is 23.5 Å². The first-order chi connectivity index (χ1) is 19.2. The summed E-state index contributed by atoms with van der Waals surface area (Å²) in [6.45, 7) is 4.19. The Morgan fingerprint density at radius 3 is 1.18 bits per heavy atom. The van der Waals surface area contributed by atoms with E-state index >= 15 is 0 Å². The summed E-state index contributed by atoms with van der Waals surface area (Å²) in [4.78, 5) is 0. The van der Waals surface area contributed by atoms with Gasteiger partial charge in [-0.05, 0) is 69.0 Å². The van der Waals surface area contributed by atoms with E-state index in [-0.39, 0.29) is 0 Å². The van der Waals surface area contributed by atoms with Gasteiger partial charge in [-0.25, -0.2) is 0 Å². The third-order valence-corrected chi connectivity index (χ3v) is 19.2. The predicted molar refractivity (Wildman–Crippen MR) is 181 cm³/mol. The Bertz CT molecular complexity index is 1180. The normalized spacial score (nSPS) is 13.6. The van der Waals surface area contributed by atoms with Crippen LogP contribution in [0.25, 0.3) is 0 Å². The second-order valence-corrected chi connectivity index (χ2v) is 18.9. The van der Waals surface area contributed by atoms with E-state index in [1.165, 1.54) is 20.7 Å². The van der Waals surface area contributed by atoms with Gasteiger partial charge in [0.2, 0.25) is 8.32 Å². The summed E-state index contributed by atoms with van der Waals surface area (Å²) in [5, 5.41) is 9.74. The molecule has 0 aliphatic carbocycles. The van der Waals surface area contributed by atoms with Crippen LogP contribution in [0, 0.1) is 0 Å². The number of allylic oxidation sites excluding steroid dienone is 2. The Labute approximate surface area is 245 Å². The quantitative estimate of drug-likeness (QED) is 0.0895.